The van der Waals surface area contributed by atoms with Gasteiger partial charge in [-0.1, -0.05) is 49.5 Å². The summed E-state index contributed by atoms with van der Waals surface area (Å²) < 4.78 is 0. The molecule has 105 valence electrons. The molecule has 20 heavy (non-hydrogen) atoms. The van der Waals surface area contributed by atoms with E-state index in [0.29, 0.717) is 5.92 Å². The number of allylic oxidation sites excluding steroid dienone is 1. The molecule has 0 saturated heterocycles. The van der Waals surface area contributed by atoms with Gasteiger partial charge in [-0.3, -0.25) is 0 Å². The number of benzene rings is 1. The van der Waals surface area contributed by atoms with Crippen LogP contribution in [0.15, 0.2) is 54.6 Å². The first-order valence-corrected chi connectivity index (χ1v) is 9.54. The predicted octanol–water partition coefficient (Wildman–Crippen LogP) is 4.94. The molecule has 2 aromatic carbocycles. The summed E-state index contributed by atoms with van der Waals surface area (Å²) in [4.78, 5) is 0. The minimum atomic E-state index is 0. The van der Waals surface area contributed by atoms with Crippen LogP contribution in [0.1, 0.15) is 22.6 Å². The average molecular weight is 380 g/mol. The van der Waals surface area contributed by atoms with Gasteiger partial charge in [0.15, 0.2) is 0 Å². The van der Waals surface area contributed by atoms with Crippen LogP contribution < -0.4 is 0 Å². The molecule has 1 radical (unpaired) electrons. The maximum Gasteiger partial charge on any atom is 0.0213 e. The van der Waals surface area contributed by atoms with Crippen LogP contribution in [0.25, 0.3) is 6.08 Å². The second-order valence-corrected chi connectivity index (χ2v) is 5.42. The second-order valence-electron chi connectivity index (χ2n) is 4.26. The third kappa shape index (κ3) is 5.24. The molecular weight excluding hydrogens is 359 g/mol. The van der Waals surface area contributed by atoms with Crippen LogP contribution in [-0.4, -0.2) is 15.9 Å². The zero-order chi connectivity index (χ0) is 14.1. The zero-order valence-electron chi connectivity index (χ0n) is 12.3. The molecule has 0 aliphatic heterocycles. The Labute approximate surface area is 149 Å². The van der Waals surface area contributed by atoms with Crippen LogP contribution in [0.4, 0.5) is 0 Å². The summed E-state index contributed by atoms with van der Waals surface area (Å²) in [6.07, 6.45) is 5.97. The van der Waals surface area contributed by atoms with Gasteiger partial charge < -0.3 is 0 Å². The van der Waals surface area contributed by atoms with Gasteiger partial charge in [-0.05, 0) is 17.0 Å². The molecule has 0 nitrogen and oxygen atoms in total. The first-order valence-electron chi connectivity index (χ1n) is 6.47. The van der Waals surface area contributed by atoms with Crippen molar-refractivity contribution < 1.29 is 26.2 Å². The van der Waals surface area contributed by atoms with Gasteiger partial charge in [-0.2, -0.15) is 12.1 Å². The van der Waals surface area contributed by atoms with Gasteiger partial charge in [-0.15, -0.1) is 17.2 Å². The van der Waals surface area contributed by atoms with Crippen molar-refractivity contribution in [2.24, 2.45) is 0 Å². The number of hydrogen-bond acceptors (Lipinski definition) is 0. The van der Waals surface area contributed by atoms with E-state index < -0.39 is 0 Å². The smallest absolute Gasteiger partial charge is 0.0213 e. The van der Waals surface area contributed by atoms with Crippen molar-refractivity contribution in [2.75, 3.05) is 6.38 Å². The Morgan fingerprint density at radius 3 is 2.15 bits per heavy atom. The van der Waals surface area contributed by atoms with Crippen molar-refractivity contribution in [3.63, 3.8) is 0 Å². The van der Waals surface area contributed by atoms with Gasteiger partial charge in [0, 0.05) is 42.1 Å². The summed E-state index contributed by atoms with van der Waals surface area (Å²) in [5.74, 6) is 0.473. The standard InChI is InChI=1S/C14H11.C2H7Si.CH3Cl.Zr/c1-2-6-11(5-1)14-10-9-12-7-3-4-8-13(12)14;1-3-2;1-2;/h1-10,14H;3H,1-2H3;1H3;/q-1;;;. The molecule has 0 bridgehead atoms. The Hall–Kier alpha value is -0.300. The SMILES string of the molecule is C1=CC([c-]2cccc2)c2ccccc21.CCl.C[SiH]C.[Zr]. The van der Waals surface area contributed by atoms with Crippen molar-refractivity contribution in [1.29, 1.82) is 0 Å². The minimum Gasteiger partial charge on any atom is -0.213 e. The molecule has 0 spiro atoms. The molecule has 2 aromatic rings. The van der Waals surface area contributed by atoms with E-state index in [0.717, 1.165) is 9.52 Å². The Morgan fingerprint density at radius 2 is 1.55 bits per heavy atom. The first kappa shape index (κ1) is 19.7. The quantitative estimate of drug-likeness (QED) is 0.374. The predicted molar refractivity (Wildman–Crippen MR) is 90.0 cm³/mol. The van der Waals surface area contributed by atoms with E-state index in [9.17, 15) is 0 Å². The molecule has 1 atom stereocenters. The Bertz CT molecular complexity index is 491. The molecule has 1 unspecified atom stereocenters. The summed E-state index contributed by atoms with van der Waals surface area (Å²) in [6.45, 7) is 4.42. The van der Waals surface area contributed by atoms with Crippen LogP contribution in [0.2, 0.25) is 13.1 Å². The third-order valence-corrected chi connectivity index (χ3v) is 2.85. The molecule has 3 rings (SSSR count). The van der Waals surface area contributed by atoms with Crippen molar-refractivity contribution in [3.8, 4) is 0 Å². The van der Waals surface area contributed by atoms with Gasteiger partial charge in [-0.25, -0.2) is 12.1 Å². The van der Waals surface area contributed by atoms with Crippen molar-refractivity contribution >= 4 is 27.2 Å². The molecule has 0 amide bonds. The molecule has 0 fully saturated rings. The Kier molecular flexibility index (Phi) is 11.2. The topological polar surface area (TPSA) is 0 Å². The van der Waals surface area contributed by atoms with E-state index in [2.05, 4.69) is 85.4 Å². The van der Waals surface area contributed by atoms with Crippen LogP contribution in [-0.2, 0) is 26.2 Å². The normalized spacial score (nSPS) is 14.1. The fraction of sp³-hybridized carbons (Fsp3) is 0.235. The number of alkyl halides is 1. The fourth-order valence-electron chi connectivity index (χ4n) is 2.14. The second kappa shape index (κ2) is 11.4. The molecule has 0 heterocycles. The molecular formula is C17H21ClSiZr-. The molecule has 1 aliphatic carbocycles. The Balaban J connectivity index is 0.000000540. The monoisotopic (exact) mass is 378 g/mol. The maximum atomic E-state index is 4.64. The zero-order valence-corrected chi connectivity index (χ0v) is 16.7. The molecule has 3 heteroatoms. The van der Waals surface area contributed by atoms with E-state index in [1.807, 2.05) is 0 Å². The van der Waals surface area contributed by atoms with Gasteiger partial charge in [0.2, 0.25) is 0 Å². The van der Waals surface area contributed by atoms with Gasteiger partial charge in [0.05, 0.1) is 0 Å². The summed E-state index contributed by atoms with van der Waals surface area (Å²) in [5.41, 5.74) is 4.18. The molecule has 0 N–H and O–H groups in total. The molecule has 0 aromatic heterocycles. The summed E-state index contributed by atoms with van der Waals surface area (Å²) >= 11 is 4.64. The average Bonchev–Trinajstić information content (AvgIpc) is 3.10. The number of rotatable bonds is 1. The number of halogens is 1. The maximum absolute atomic E-state index is 4.64. The summed E-state index contributed by atoms with van der Waals surface area (Å²) in [6, 6.07) is 17.2. The van der Waals surface area contributed by atoms with E-state index in [4.69, 9.17) is 0 Å². The Morgan fingerprint density at radius 1 is 1.00 bits per heavy atom. The van der Waals surface area contributed by atoms with E-state index in [1.54, 1.807) is 0 Å². The van der Waals surface area contributed by atoms with Crippen molar-refractivity contribution in [3.05, 3.63) is 71.3 Å². The minimum absolute atomic E-state index is 0. The van der Waals surface area contributed by atoms with Gasteiger partial charge in [0.1, 0.15) is 0 Å². The van der Waals surface area contributed by atoms with Gasteiger partial charge in [0.25, 0.3) is 0 Å². The molecule has 0 saturated carbocycles. The third-order valence-electron chi connectivity index (χ3n) is 2.85. The number of hydrogen-bond donors (Lipinski definition) is 0. The van der Waals surface area contributed by atoms with E-state index >= 15 is 0 Å². The first-order chi connectivity index (χ1) is 9.36. The van der Waals surface area contributed by atoms with Crippen LogP contribution >= 0.6 is 11.6 Å². The van der Waals surface area contributed by atoms with Crippen molar-refractivity contribution in [1.82, 2.24) is 0 Å². The van der Waals surface area contributed by atoms with Crippen molar-refractivity contribution in [2.45, 2.75) is 19.0 Å². The van der Waals surface area contributed by atoms with E-state index in [1.165, 1.54) is 23.1 Å². The summed E-state index contributed by atoms with van der Waals surface area (Å²) in [5, 5.41) is 0. The van der Waals surface area contributed by atoms with Crippen LogP contribution in [0, 0.1) is 0 Å². The van der Waals surface area contributed by atoms with Gasteiger partial charge >= 0.3 is 0 Å². The number of fused-ring (bicyclic) bond motifs is 1. The molecule has 1 aliphatic rings. The van der Waals surface area contributed by atoms with Crippen LogP contribution in [0.5, 0.6) is 0 Å². The fourth-order valence-corrected chi connectivity index (χ4v) is 2.14. The van der Waals surface area contributed by atoms with E-state index in [-0.39, 0.29) is 26.2 Å². The van der Waals surface area contributed by atoms with Crippen LogP contribution in [0.3, 0.4) is 0 Å². The largest absolute Gasteiger partial charge is 0.213 e. The summed E-state index contributed by atoms with van der Waals surface area (Å²) in [7, 11) is 0.750.